The second-order valence-corrected chi connectivity index (χ2v) is 6.17. The van der Waals surface area contributed by atoms with Crippen molar-refractivity contribution in [3.63, 3.8) is 0 Å². The molecule has 0 bridgehead atoms. The summed E-state index contributed by atoms with van der Waals surface area (Å²) in [6.07, 6.45) is 0.478. The van der Waals surface area contributed by atoms with Crippen molar-refractivity contribution >= 4 is 5.78 Å². The molecular weight excluding hydrogens is 238 g/mol. The molecular formula is C16H23NO2. The van der Waals surface area contributed by atoms with E-state index in [1.165, 1.54) is 5.56 Å². The molecule has 0 aliphatic carbocycles. The average Bonchev–Trinajstić information content (AvgIpc) is 2.39. The zero-order valence-corrected chi connectivity index (χ0v) is 12.0. The maximum atomic E-state index is 12.1. The van der Waals surface area contributed by atoms with Gasteiger partial charge in [0.15, 0.2) is 5.78 Å². The van der Waals surface area contributed by atoms with E-state index >= 15 is 0 Å². The molecule has 1 heterocycles. The Morgan fingerprint density at radius 3 is 2.53 bits per heavy atom. The Kier molecular flexibility index (Phi) is 4.38. The number of ketones is 1. The Hall–Kier alpha value is -1.19. The first-order valence-electron chi connectivity index (χ1n) is 6.90. The number of hydrogen-bond donors (Lipinski definition) is 1. The molecule has 19 heavy (non-hydrogen) atoms. The maximum Gasteiger partial charge on any atom is 0.156 e. The Balaban J connectivity index is 1.97. The molecule has 0 aromatic heterocycles. The number of hydrogen-bond acceptors (Lipinski definition) is 3. The summed E-state index contributed by atoms with van der Waals surface area (Å²) in [6, 6.07) is 8.21. The number of carbonyl (C=O) groups is 1. The maximum absolute atomic E-state index is 12.1. The van der Waals surface area contributed by atoms with Crippen molar-refractivity contribution in [2.24, 2.45) is 0 Å². The van der Waals surface area contributed by atoms with Gasteiger partial charge in [0.2, 0.25) is 0 Å². The molecule has 0 amide bonds. The number of nitrogens with one attached hydrogen (secondary N) is 1. The summed E-state index contributed by atoms with van der Waals surface area (Å²) in [5.74, 6) is 0.211. The van der Waals surface area contributed by atoms with Gasteiger partial charge in [-0.05, 0) is 16.5 Å². The van der Waals surface area contributed by atoms with Crippen molar-refractivity contribution in [2.45, 2.75) is 38.6 Å². The van der Waals surface area contributed by atoms with Gasteiger partial charge in [-0.2, -0.15) is 0 Å². The lowest BCUT2D eigenvalue weighted by Gasteiger charge is -2.23. The van der Waals surface area contributed by atoms with Gasteiger partial charge in [0.05, 0.1) is 19.3 Å². The monoisotopic (exact) mass is 261 g/mol. The first-order chi connectivity index (χ1) is 8.97. The quantitative estimate of drug-likeness (QED) is 0.905. The van der Waals surface area contributed by atoms with Gasteiger partial charge >= 0.3 is 0 Å². The minimum absolute atomic E-state index is 0.143. The molecule has 1 fully saturated rings. The van der Waals surface area contributed by atoms with Crippen molar-refractivity contribution in [3.05, 3.63) is 35.4 Å². The molecule has 1 N–H and O–H groups in total. The number of benzene rings is 1. The van der Waals surface area contributed by atoms with Crippen molar-refractivity contribution in [3.8, 4) is 0 Å². The number of ether oxygens (including phenoxy) is 1. The molecule has 0 radical (unpaired) electrons. The predicted molar refractivity (Wildman–Crippen MR) is 76.5 cm³/mol. The third kappa shape index (κ3) is 3.88. The van der Waals surface area contributed by atoms with Crippen molar-refractivity contribution in [1.82, 2.24) is 5.32 Å². The fourth-order valence-corrected chi connectivity index (χ4v) is 2.22. The first kappa shape index (κ1) is 14.2. The summed E-state index contributed by atoms with van der Waals surface area (Å²) in [4.78, 5) is 12.1. The summed E-state index contributed by atoms with van der Waals surface area (Å²) in [5, 5.41) is 3.20. The van der Waals surface area contributed by atoms with Crippen LogP contribution >= 0.6 is 0 Å². The van der Waals surface area contributed by atoms with Gasteiger partial charge in [0.25, 0.3) is 0 Å². The van der Waals surface area contributed by atoms with E-state index in [2.05, 4.69) is 50.4 Å². The topological polar surface area (TPSA) is 38.3 Å². The summed E-state index contributed by atoms with van der Waals surface area (Å²) < 4.78 is 5.32. The van der Waals surface area contributed by atoms with Crippen molar-refractivity contribution in [2.75, 3.05) is 19.8 Å². The number of Topliss-reactive ketones (excluding diaryl/α,β-unsaturated/α-hetero) is 1. The molecule has 104 valence electrons. The van der Waals surface area contributed by atoms with Gasteiger partial charge in [0, 0.05) is 13.0 Å². The Bertz CT molecular complexity index is 425. The Labute approximate surface area is 115 Å². The van der Waals surface area contributed by atoms with Gasteiger partial charge in [0.1, 0.15) is 0 Å². The lowest BCUT2D eigenvalue weighted by molar-refractivity contribution is -0.123. The molecule has 1 aromatic carbocycles. The minimum Gasteiger partial charge on any atom is -0.378 e. The van der Waals surface area contributed by atoms with Crippen LogP contribution in [0.15, 0.2) is 24.3 Å². The van der Waals surface area contributed by atoms with Gasteiger partial charge < -0.3 is 10.1 Å². The van der Waals surface area contributed by atoms with E-state index < -0.39 is 0 Å². The fourth-order valence-electron chi connectivity index (χ4n) is 2.22. The molecule has 0 saturated carbocycles. The average molecular weight is 261 g/mol. The van der Waals surface area contributed by atoms with Crippen molar-refractivity contribution < 1.29 is 9.53 Å². The van der Waals surface area contributed by atoms with Crippen LogP contribution in [0.25, 0.3) is 0 Å². The minimum atomic E-state index is -0.143. The highest BCUT2D eigenvalue weighted by Crippen LogP contribution is 2.22. The molecule has 1 atom stereocenters. The molecule has 1 unspecified atom stereocenters. The smallest absolute Gasteiger partial charge is 0.156 e. The Morgan fingerprint density at radius 1 is 1.32 bits per heavy atom. The van der Waals surface area contributed by atoms with Crippen LogP contribution in [0, 0.1) is 0 Å². The van der Waals surface area contributed by atoms with E-state index in [1.807, 2.05) is 0 Å². The number of morpholine rings is 1. The summed E-state index contributed by atoms with van der Waals surface area (Å²) in [6.45, 7) is 8.53. The zero-order valence-electron chi connectivity index (χ0n) is 12.0. The molecule has 3 nitrogen and oxygen atoms in total. The third-order valence-corrected chi connectivity index (χ3v) is 3.51. The zero-order chi connectivity index (χ0) is 13.9. The van der Waals surface area contributed by atoms with Crippen LogP contribution in [0.3, 0.4) is 0 Å². The summed E-state index contributed by atoms with van der Waals surface area (Å²) in [5.41, 5.74) is 2.52. The summed E-state index contributed by atoms with van der Waals surface area (Å²) in [7, 11) is 0. The van der Waals surface area contributed by atoms with Crippen molar-refractivity contribution in [1.29, 1.82) is 0 Å². The highest BCUT2D eigenvalue weighted by molar-refractivity contribution is 5.86. The molecule has 2 rings (SSSR count). The second-order valence-electron chi connectivity index (χ2n) is 6.17. The van der Waals surface area contributed by atoms with E-state index in [-0.39, 0.29) is 17.2 Å². The van der Waals surface area contributed by atoms with E-state index in [9.17, 15) is 4.79 Å². The first-order valence-corrected chi connectivity index (χ1v) is 6.90. The SMILES string of the molecule is CC(C)(C)c1ccc(CC(=O)C2COCCN2)cc1. The fraction of sp³-hybridized carbons (Fsp3) is 0.562. The van der Waals surface area contributed by atoms with Gasteiger partial charge in [-0.25, -0.2) is 0 Å². The van der Waals surface area contributed by atoms with E-state index in [1.54, 1.807) is 0 Å². The van der Waals surface area contributed by atoms with Crippen LogP contribution in [0.2, 0.25) is 0 Å². The van der Waals surface area contributed by atoms with E-state index in [0.29, 0.717) is 19.6 Å². The van der Waals surface area contributed by atoms with Crippen LogP contribution in [0.1, 0.15) is 31.9 Å². The van der Waals surface area contributed by atoms with Gasteiger partial charge in [-0.3, -0.25) is 4.79 Å². The lowest BCUT2D eigenvalue weighted by Crippen LogP contribution is -2.47. The lowest BCUT2D eigenvalue weighted by atomic mass is 9.86. The standard InChI is InChI=1S/C16H23NO2/c1-16(2,3)13-6-4-12(5-7-13)10-15(18)14-11-19-9-8-17-14/h4-7,14,17H,8-11H2,1-3H3. The molecule has 1 aliphatic rings. The third-order valence-electron chi connectivity index (χ3n) is 3.51. The van der Waals surface area contributed by atoms with Gasteiger partial charge in [-0.1, -0.05) is 45.0 Å². The van der Waals surface area contributed by atoms with Crippen LogP contribution in [-0.4, -0.2) is 31.6 Å². The molecule has 1 aromatic rings. The number of carbonyl (C=O) groups excluding carboxylic acids is 1. The van der Waals surface area contributed by atoms with E-state index in [0.717, 1.165) is 12.1 Å². The summed E-state index contributed by atoms with van der Waals surface area (Å²) >= 11 is 0. The molecule has 0 spiro atoms. The highest BCUT2D eigenvalue weighted by Gasteiger charge is 2.21. The van der Waals surface area contributed by atoms with E-state index in [4.69, 9.17) is 4.74 Å². The molecule has 1 aliphatic heterocycles. The largest absolute Gasteiger partial charge is 0.378 e. The van der Waals surface area contributed by atoms with Crippen LogP contribution in [-0.2, 0) is 21.4 Å². The van der Waals surface area contributed by atoms with Gasteiger partial charge in [-0.15, -0.1) is 0 Å². The number of rotatable bonds is 3. The second kappa shape index (κ2) is 5.85. The van der Waals surface area contributed by atoms with Crippen LogP contribution in [0.4, 0.5) is 0 Å². The highest BCUT2D eigenvalue weighted by atomic mass is 16.5. The van der Waals surface area contributed by atoms with Crippen LogP contribution in [0.5, 0.6) is 0 Å². The molecule has 1 saturated heterocycles. The molecule has 3 heteroatoms. The Morgan fingerprint density at radius 2 is 2.00 bits per heavy atom. The predicted octanol–water partition coefficient (Wildman–Crippen LogP) is 2.08. The normalized spacial score (nSPS) is 20.3. The van der Waals surface area contributed by atoms with Crippen LogP contribution < -0.4 is 5.32 Å².